The van der Waals surface area contributed by atoms with Crippen LogP contribution >= 0.6 is 0 Å². The molecule has 10 aromatic rings. The van der Waals surface area contributed by atoms with Gasteiger partial charge in [0.15, 0.2) is 0 Å². The number of hydrogen-bond acceptors (Lipinski definition) is 2. The minimum absolute atomic E-state index is 0.705. The lowest BCUT2D eigenvalue weighted by Gasteiger charge is -2.40. The van der Waals surface area contributed by atoms with Crippen LogP contribution in [-0.4, -0.2) is 0 Å². The summed E-state index contributed by atoms with van der Waals surface area (Å²) < 4.78 is 6.99. The highest BCUT2D eigenvalue weighted by Gasteiger charge is 2.51. The van der Waals surface area contributed by atoms with Crippen molar-refractivity contribution in [1.82, 2.24) is 0 Å². The van der Waals surface area contributed by atoms with E-state index >= 15 is 0 Å². The monoisotopic (exact) mass is 777 g/mol. The molecule has 1 aliphatic heterocycles. The Morgan fingerprint density at radius 3 is 1.52 bits per heavy atom. The van der Waals surface area contributed by atoms with Gasteiger partial charge in [0.2, 0.25) is 0 Å². The maximum absolute atomic E-state index is 6.99. The van der Waals surface area contributed by atoms with Crippen LogP contribution in [0, 0.1) is 0 Å². The number of ether oxygens (including phenoxy) is 1. The zero-order valence-electron chi connectivity index (χ0n) is 33.4. The number of fused-ring (bicyclic) bond motifs is 10. The highest BCUT2D eigenvalue weighted by molar-refractivity contribution is 6.02. The van der Waals surface area contributed by atoms with Gasteiger partial charge in [0.1, 0.15) is 11.5 Å². The molecule has 12 rings (SSSR count). The lowest BCUT2D eigenvalue weighted by Crippen LogP contribution is -2.32. The topological polar surface area (TPSA) is 12.5 Å². The Morgan fingerprint density at radius 1 is 0.311 bits per heavy atom. The Morgan fingerprint density at radius 2 is 0.836 bits per heavy atom. The van der Waals surface area contributed by atoms with Gasteiger partial charge >= 0.3 is 0 Å². The number of rotatable bonds is 6. The van der Waals surface area contributed by atoms with Crippen LogP contribution in [0.3, 0.4) is 0 Å². The first-order valence-electron chi connectivity index (χ1n) is 21.0. The average molecular weight is 778 g/mol. The maximum atomic E-state index is 6.99. The third-order valence-corrected chi connectivity index (χ3v) is 12.7. The molecule has 2 aliphatic rings. The number of para-hydroxylation sites is 1. The summed E-state index contributed by atoms with van der Waals surface area (Å²) in [6.07, 6.45) is 0. The molecule has 286 valence electrons. The van der Waals surface area contributed by atoms with Crippen molar-refractivity contribution in [3.8, 4) is 56.0 Å². The second-order valence-electron chi connectivity index (χ2n) is 16.0. The number of benzene rings is 10. The van der Waals surface area contributed by atoms with Crippen molar-refractivity contribution < 1.29 is 4.74 Å². The first kappa shape index (κ1) is 35.0. The molecule has 1 spiro atoms. The zero-order valence-corrected chi connectivity index (χ0v) is 33.4. The number of nitrogens with zero attached hydrogens (tertiary/aromatic N) is 1. The molecule has 0 radical (unpaired) electrons. The van der Waals surface area contributed by atoms with Crippen LogP contribution in [0.5, 0.6) is 11.5 Å². The Balaban J connectivity index is 1.18. The van der Waals surface area contributed by atoms with Crippen LogP contribution < -0.4 is 9.64 Å². The average Bonchev–Trinajstić information content (AvgIpc) is 3.62. The van der Waals surface area contributed by atoms with Gasteiger partial charge in [-0.05, 0) is 104 Å². The smallest absolute Gasteiger partial charge is 0.132 e. The minimum atomic E-state index is -0.705. The van der Waals surface area contributed by atoms with Gasteiger partial charge in [-0.15, -0.1) is 0 Å². The molecule has 0 fully saturated rings. The van der Waals surface area contributed by atoms with Gasteiger partial charge in [-0.3, -0.25) is 0 Å². The molecule has 0 saturated heterocycles. The van der Waals surface area contributed by atoms with Gasteiger partial charge in [-0.25, -0.2) is 0 Å². The minimum Gasteiger partial charge on any atom is -0.457 e. The predicted molar refractivity (Wildman–Crippen MR) is 252 cm³/mol. The molecule has 0 amide bonds. The van der Waals surface area contributed by atoms with Crippen molar-refractivity contribution in [3.63, 3.8) is 0 Å². The van der Waals surface area contributed by atoms with Crippen molar-refractivity contribution in [2.75, 3.05) is 4.90 Å². The lowest BCUT2D eigenvalue weighted by atomic mass is 9.65. The highest BCUT2D eigenvalue weighted by atomic mass is 16.5. The molecule has 2 nitrogen and oxygen atoms in total. The SMILES string of the molecule is c1ccc(-c2ccc3c(c2)C2(c4cc(-c5ccccc5)ccc4O3)c3ccccc3-c3ccc(N(c4ccccc4-c4ccccc4)c4cccc5ccccc45)cc32)cc1. The van der Waals surface area contributed by atoms with Crippen molar-refractivity contribution in [1.29, 1.82) is 0 Å². The number of hydrogen-bond donors (Lipinski definition) is 0. The Kier molecular flexibility index (Phi) is 8.11. The summed E-state index contributed by atoms with van der Waals surface area (Å²) in [6, 6.07) is 86.0. The van der Waals surface area contributed by atoms with Crippen LogP contribution in [0.15, 0.2) is 237 Å². The van der Waals surface area contributed by atoms with E-state index in [0.29, 0.717) is 0 Å². The van der Waals surface area contributed by atoms with Gasteiger partial charge in [-0.1, -0.05) is 188 Å². The summed E-state index contributed by atoms with van der Waals surface area (Å²) in [5.74, 6) is 1.74. The third kappa shape index (κ3) is 5.50. The molecule has 0 unspecified atom stereocenters. The molecule has 0 N–H and O–H groups in total. The van der Waals surface area contributed by atoms with Crippen LogP contribution in [0.25, 0.3) is 55.3 Å². The van der Waals surface area contributed by atoms with E-state index in [4.69, 9.17) is 4.74 Å². The second kappa shape index (κ2) is 14.1. The van der Waals surface area contributed by atoms with Gasteiger partial charge in [0, 0.05) is 27.8 Å². The van der Waals surface area contributed by atoms with Crippen molar-refractivity contribution in [2.45, 2.75) is 5.41 Å². The summed E-state index contributed by atoms with van der Waals surface area (Å²) in [4.78, 5) is 2.48. The molecular formula is C59H39NO. The predicted octanol–water partition coefficient (Wildman–Crippen LogP) is 15.8. The zero-order chi connectivity index (χ0) is 40.3. The highest BCUT2D eigenvalue weighted by Crippen LogP contribution is 2.63. The molecule has 10 aromatic carbocycles. The van der Waals surface area contributed by atoms with Gasteiger partial charge < -0.3 is 9.64 Å². The normalized spacial score (nSPS) is 12.9. The van der Waals surface area contributed by atoms with Crippen molar-refractivity contribution in [3.05, 3.63) is 259 Å². The van der Waals surface area contributed by atoms with Crippen LogP contribution in [0.2, 0.25) is 0 Å². The Bertz CT molecular complexity index is 3190. The quantitative estimate of drug-likeness (QED) is 0.167. The first-order chi connectivity index (χ1) is 30.3. The van der Waals surface area contributed by atoms with Gasteiger partial charge in [0.05, 0.1) is 16.8 Å². The van der Waals surface area contributed by atoms with E-state index in [9.17, 15) is 0 Å². The summed E-state index contributed by atoms with van der Waals surface area (Å²) >= 11 is 0. The Hall–Kier alpha value is -7.94. The molecule has 0 saturated carbocycles. The molecule has 2 heteroatoms. The molecule has 0 bridgehead atoms. The van der Waals surface area contributed by atoms with Gasteiger partial charge in [-0.2, -0.15) is 0 Å². The molecule has 0 aromatic heterocycles. The second-order valence-corrected chi connectivity index (χ2v) is 16.0. The maximum Gasteiger partial charge on any atom is 0.132 e. The lowest BCUT2D eigenvalue weighted by molar-refractivity contribution is 0.436. The fourth-order valence-electron chi connectivity index (χ4n) is 10.0. The number of anilines is 3. The fraction of sp³-hybridized carbons (Fsp3) is 0.0169. The molecular weight excluding hydrogens is 739 g/mol. The molecule has 61 heavy (non-hydrogen) atoms. The molecule has 1 aliphatic carbocycles. The standard InChI is InChI=1S/C59H39NO/c1-4-17-40(18-5-1)44-31-35-57-53(37-44)59(54-38-45(32-36-58(54)61-57)41-19-6-2-7-20-41)51-28-14-12-27-49(51)50-34-33-46(39-52(50)59)60(56-30-16-24-43-23-10-11-25-48(43)56)55-29-15-13-26-47(55)42-21-8-3-9-22-42/h1-39H. The van der Waals surface area contributed by atoms with E-state index in [1.54, 1.807) is 0 Å². The van der Waals surface area contributed by atoms with E-state index < -0.39 is 5.41 Å². The van der Waals surface area contributed by atoms with E-state index in [1.807, 2.05) is 0 Å². The van der Waals surface area contributed by atoms with E-state index in [2.05, 4.69) is 241 Å². The van der Waals surface area contributed by atoms with Crippen LogP contribution in [0.4, 0.5) is 17.1 Å². The summed E-state index contributed by atoms with van der Waals surface area (Å²) in [6.45, 7) is 0. The first-order valence-corrected chi connectivity index (χ1v) is 21.0. The van der Waals surface area contributed by atoms with Crippen LogP contribution in [-0.2, 0) is 5.41 Å². The van der Waals surface area contributed by atoms with Crippen LogP contribution in [0.1, 0.15) is 22.3 Å². The van der Waals surface area contributed by atoms with Crippen molar-refractivity contribution >= 4 is 27.8 Å². The van der Waals surface area contributed by atoms with Gasteiger partial charge in [0.25, 0.3) is 0 Å². The van der Waals surface area contributed by atoms with E-state index in [1.165, 1.54) is 49.7 Å². The summed E-state index contributed by atoms with van der Waals surface area (Å²) in [5.41, 5.74) is 16.8. The summed E-state index contributed by atoms with van der Waals surface area (Å²) in [7, 11) is 0. The van der Waals surface area contributed by atoms with E-state index in [0.717, 1.165) is 56.4 Å². The summed E-state index contributed by atoms with van der Waals surface area (Å²) in [5, 5.41) is 2.38. The molecule has 0 atom stereocenters. The van der Waals surface area contributed by atoms with Crippen molar-refractivity contribution in [2.24, 2.45) is 0 Å². The Labute approximate surface area is 356 Å². The third-order valence-electron chi connectivity index (χ3n) is 12.7. The largest absolute Gasteiger partial charge is 0.457 e. The fourth-order valence-corrected chi connectivity index (χ4v) is 10.0. The van der Waals surface area contributed by atoms with E-state index in [-0.39, 0.29) is 0 Å². The molecule has 1 heterocycles.